The van der Waals surface area contributed by atoms with Crippen molar-refractivity contribution < 1.29 is 19.5 Å². The van der Waals surface area contributed by atoms with Crippen LogP contribution in [0.3, 0.4) is 0 Å². The van der Waals surface area contributed by atoms with Crippen molar-refractivity contribution in [3.8, 4) is 0 Å². The van der Waals surface area contributed by atoms with Crippen LogP contribution in [-0.2, 0) is 16.6 Å². The summed E-state index contributed by atoms with van der Waals surface area (Å²) in [6.45, 7) is 1.71. The molecule has 1 atom stereocenters. The highest BCUT2D eigenvalue weighted by molar-refractivity contribution is 5.92. The second-order valence-corrected chi connectivity index (χ2v) is 4.30. The number of hydrogen-bond donors (Lipinski definition) is 4. The summed E-state index contributed by atoms with van der Waals surface area (Å²) in [4.78, 5) is 33.3. The van der Waals surface area contributed by atoms with Crippen molar-refractivity contribution in [1.82, 2.24) is 15.1 Å². The smallest absolute Gasteiger partial charge is 0.326 e. The lowest BCUT2D eigenvalue weighted by atomic mass is 10.1. The first kappa shape index (κ1) is 15.5. The van der Waals surface area contributed by atoms with Crippen LogP contribution >= 0.6 is 0 Å². The highest BCUT2D eigenvalue weighted by atomic mass is 16.4. The molecule has 1 heterocycles. The molecule has 0 bridgehead atoms. The maximum absolute atomic E-state index is 11.7. The van der Waals surface area contributed by atoms with Gasteiger partial charge in [0.15, 0.2) is 0 Å². The number of nitrogens with one attached hydrogen (secondary N) is 2. The Labute approximate surface area is 115 Å². The summed E-state index contributed by atoms with van der Waals surface area (Å²) in [7, 11) is 1.70. The summed E-state index contributed by atoms with van der Waals surface area (Å²) in [5.41, 5.74) is 6.03. The Morgan fingerprint density at radius 1 is 1.50 bits per heavy atom. The molecular formula is C11H17N5O4. The number of amides is 3. The van der Waals surface area contributed by atoms with Crippen LogP contribution < -0.4 is 16.4 Å². The average molecular weight is 283 g/mol. The van der Waals surface area contributed by atoms with Crippen LogP contribution in [0.15, 0.2) is 6.20 Å². The van der Waals surface area contributed by atoms with E-state index in [2.05, 4.69) is 15.7 Å². The highest BCUT2D eigenvalue weighted by Gasteiger charge is 2.21. The molecule has 0 fully saturated rings. The number of rotatable bonds is 6. The topological polar surface area (TPSA) is 139 Å². The Morgan fingerprint density at radius 2 is 2.15 bits per heavy atom. The summed E-state index contributed by atoms with van der Waals surface area (Å²) in [5.74, 6) is -1.86. The van der Waals surface area contributed by atoms with Crippen molar-refractivity contribution in [2.45, 2.75) is 25.8 Å². The van der Waals surface area contributed by atoms with Gasteiger partial charge in [0, 0.05) is 19.7 Å². The summed E-state index contributed by atoms with van der Waals surface area (Å²) >= 11 is 0. The van der Waals surface area contributed by atoms with Crippen molar-refractivity contribution in [3.63, 3.8) is 0 Å². The molecule has 0 radical (unpaired) electrons. The van der Waals surface area contributed by atoms with Crippen molar-refractivity contribution in [1.29, 1.82) is 0 Å². The van der Waals surface area contributed by atoms with Gasteiger partial charge in [-0.25, -0.2) is 9.59 Å². The molecule has 0 aromatic carbocycles. The average Bonchev–Trinajstić information content (AvgIpc) is 2.62. The number of carbonyl (C=O) groups excluding carboxylic acids is 2. The first-order valence-corrected chi connectivity index (χ1v) is 5.88. The Hall–Kier alpha value is -2.58. The number of carbonyl (C=O) groups is 3. The van der Waals surface area contributed by atoms with Gasteiger partial charge in [-0.2, -0.15) is 5.10 Å². The summed E-state index contributed by atoms with van der Waals surface area (Å²) in [6.07, 6.45) is 1.40. The molecule has 0 aliphatic rings. The van der Waals surface area contributed by atoms with E-state index in [1.807, 2.05) is 0 Å². The number of aromatic nitrogens is 2. The molecule has 1 aromatic rings. The maximum atomic E-state index is 11.7. The first-order valence-electron chi connectivity index (χ1n) is 5.88. The van der Waals surface area contributed by atoms with Crippen molar-refractivity contribution >= 4 is 23.6 Å². The van der Waals surface area contributed by atoms with Crippen LogP contribution in [-0.4, -0.2) is 38.8 Å². The third-order valence-electron chi connectivity index (χ3n) is 2.54. The zero-order valence-electron chi connectivity index (χ0n) is 11.2. The van der Waals surface area contributed by atoms with Gasteiger partial charge < -0.3 is 21.5 Å². The zero-order chi connectivity index (χ0) is 15.3. The Bertz CT molecular complexity index is 525. The van der Waals surface area contributed by atoms with Crippen LogP contribution in [0, 0.1) is 6.92 Å². The fraction of sp³-hybridized carbons (Fsp3) is 0.455. The summed E-state index contributed by atoms with van der Waals surface area (Å²) in [5, 5.41) is 17.7. The highest BCUT2D eigenvalue weighted by Crippen LogP contribution is 2.11. The van der Waals surface area contributed by atoms with Gasteiger partial charge in [-0.3, -0.25) is 9.48 Å². The maximum Gasteiger partial charge on any atom is 0.326 e. The van der Waals surface area contributed by atoms with E-state index < -0.39 is 23.9 Å². The molecule has 1 rings (SSSR count). The summed E-state index contributed by atoms with van der Waals surface area (Å²) in [6, 6.07) is -1.86. The number of carboxylic acid groups (broad SMARTS) is 1. The Morgan fingerprint density at radius 3 is 2.60 bits per heavy atom. The molecule has 0 aliphatic carbocycles. The standard InChI is InChI=1S/C11H17N5O4/c1-6-8(5-16(2)15-6)14-11(20)13-7(10(18)19)3-4-9(12)17/h5,7H,3-4H2,1-2H3,(H2,12,17)(H,18,19)(H2,13,14,20)/t7-/m0/s1. The number of primary amides is 1. The molecule has 1 aromatic heterocycles. The van der Waals surface area contributed by atoms with Gasteiger partial charge >= 0.3 is 12.0 Å². The molecule has 0 spiro atoms. The number of nitrogens with two attached hydrogens (primary N) is 1. The van der Waals surface area contributed by atoms with Gasteiger partial charge in [0.2, 0.25) is 5.91 Å². The van der Waals surface area contributed by atoms with E-state index in [4.69, 9.17) is 10.8 Å². The van der Waals surface area contributed by atoms with E-state index in [1.165, 1.54) is 4.68 Å². The van der Waals surface area contributed by atoms with Gasteiger partial charge in [-0.1, -0.05) is 0 Å². The van der Waals surface area contributed by atoms with E-state index in [1.54, 1.807) is 20.2 Å². The number of anilines is 1. The second-order valence-electron chi connectivity index (χ2n) is 4.30. The summed E-state index contributed by atoms with van der Waals surface area (Å²) < 4.78 is 1.52. The normalized spacial score (nSPS) is 11.7. The van der Waals surface area contributed by atoms with Gasteiger partial charge in [0.1, 0.15) is 6.04 Å². The van der Waals surface area contributed by atoms with E-state index >= 15 is 0 Å². The van der Waals surface area contributed by atoms with E-state index in [9.17, 15) is 14.4 Å². The minimum atomic E-state index is -1.23. The van der Waals surface area contributed by atoms with Gasteiger partial charge in [0.05, 0.1) is 11.4 Å². The quantitative estimate of drug-likeness (QED) is 0.561. The molecule has 20 heavy (non-hydrogen) atoms. The number of carboxylic acids is 1. The van der Waals surface area contributed by atoms with Gasteiger partial charge in [0.25, 0.3) is 0 Å². The molecule has 5 N–H and O–H groups in total. The lowest BCUT2D eigenvalue weighted by Gasteiger charge is -2.14. The number of urea groups is 1. The monoisotopic (exact) mass is 283 g/mol. The first-order chi connectivity index (χ1) is 9.29. The molecule has 0 unspecified atom stereocenters. The Kier molecular flexibility index (Phi) is 5.07. The molecule has 9 nitrogen and oxygen atoms in total. The molecule has 0 saturated carbocycles. The van der Waals surface area contributed by atoms with Crippen molar-refractivity contribution in [3.05, 3.63) is 11.9 Å². The third kappa shape index (κ3) is 4.59. The Balaban J connectivity index is 2.60. The lowest BCUT2D eigenvalue weighted by molar-refractivity contribution is -0.139. The SMILES string of the molecule is Cc1nn(C)cc1NC(=O)N[C@@H](CCC(N)=O)C(=O)O. The van der Waals surface area contributed by atoms with Crippen LogP contribution in [0.1, 0.15) is 18.5 Å². The minimum absolute atomic E-state index is 0.0654. The van der Waals surface area contributed by atoms with Crippen molar-refractivity contribution in [2.24, 2.45) is 12.8 Å². The fourth-order valence-electron chi connectivity index (χ4n) is 1.58. The molecule has 9 heteroatoms. The molecule has 110 valence electrons. The number of aryl methyl sites for hydroxylation is 2. The number of aliphatic carboxylic acids is 1. The van der Waals surface area contributed by atoms with Crippen LogP contribution in [0.2, 0.25) is 0 Å². The number of nitrogens with zero attached hydrogens (tertiary/aromatic N) is 2. The van der Waals surface area contributed by atoms with Crippen LogP contribution in [0.5, 0.6) is 0 Å². The van der Waals surface area contributed by atoms with Crippen LogP contribution in [0.25, 0.3) is 0 Å². The minimum Gasteiger partial charge on any atom is -0.480 e. The van der Waals surface area contributed by atoms with E-state index in [-0.39, 0.29) is 12.8 Å². The molecular weight excluding hydrogens is 266 g/mol. The van der Waals surface area contributed by atoms with Gasteiger partial charge in [-0.15, -0.1) is 0 Å². The van der Waals surface area contributed by atoms with Gasteiger partial charge in [-0.05, 0) is 13.3 Å². The van der Waals surface area contributed by atoms with E-state index in [0.717, 1.165) is 0 Å². The lowest BCUT2D eigenvalue weighted by Crippen LogP contribution is -2.43. The van der Waals surface area contributed by atoms with E-state index in [0.29, 0.717) is 11.4 Å². The predicted molar refractivity (Wildman–Crippen MR) is 70.0 cm³/mol. The third-order valence-corrected chi connectivity index (χ3v) is 2.54. The zero-order valence-corrected chi connectivity index (χ0v) is 11.2. The largest absolute Gasteiger partial charge is 0.480 e. The predicted octanol–water partition coefficient (Wildman–Crippen LogP) is -0.431. The second kappa shape index (κ2) is 6.55. The van der Waals surface area contributed by atoms with Crippen LogP contribution in [0.4, 0.5) is 10.5 Å². The molecule has 3 amide bonds. The molecule has 0 saturated heterocycles. The van der Waals surface area contributed by atoms with Crippen molar-refractivity contribution in [2.75, 3.05) is 5.32 Å². The number of hydrogen-bond acceptors (Lipinski definition) is 4. The fourth-order valence-corrected chi connectivity index (χ4v) is 1.58. The molecule has 0 aliphatic heterocycles.